The van der Waals surface area contributed by atoms with E-state index in [4.69, 9.17) is 10.5 Å². The Balaban J connectivity index is 2.23. The van der Waals surface area contributed by atoms with Crippen LogP contribution in [0, 0.1) is 0 Å². The van der Waals surface area contributed by atoms with E-state index in [0.717, 1.165) is 21.3 Å². The highest BCUT2D eigenvalue weighted by atomic mass is 32.1. The SMILES string of the molecule is COc1cnc2sc(C(C)=O)c(N)c2c1Cc1ccccc1. The van der Waals surface area contributed by atoms with Crippen LogP contribution in [0.5, 0.6) is 5.75 Å². The number of aromatic nitrogens is 1. The minimum Gasteiger partial charge on any atom is -0.495 e. The average Bonchev–Trinajstić information content (AvgIpc) is 2.86. The number of nitrogens with two attached hydrogens (primary N) is 1. The van der Waals surface area contributed by atoms with Gasteiger partial charge in [-0.15, -0.1) is 11.3 Å². The number of pyridine rings is 1. The maximum Gasteiger partial charge on any atom is 0.171 e. The lowest BCUT2D eigenvalue weighted by Gasteiger charge is -2.10. The molecule has 0 aliphatic carbocycles. The molecule has 0 bridgehead atoms. The monoisotopic (exact) mass is 312 g/mol. The lowest BCUT2D eigenvalue weighted by molar-refractivity contribution is 0.102. The first-order chi connectivity index (χ1) is 10.6. The number of rotatable bonds is 4. The van der Waals surface area contributed by atoms with Gasteiger partial charge in [0, 0.05) is 24.3 Å². The Hall–Kier alpha value is -2.40. The van der Waals surface area contributed by atoms with Crippen LogP contribution in [0.1, 0.15) is 27.7 Å². The number of carbonyl (C=O) groups is 1. The summed E-state index contributed by atoms with van der Waals surface area (Å²) in [5.74, 6) is 0.654. The molecular weight excluding hydrogens is 296 g/mol. The molecule has 3 aromatic rings. The molecular formula is C17H16N2O2S. The molecule has 0 atom stereocenters. The third-order valence-corrected chi connectivity index (χ3v) is 4.80. The Labute approximate surface area is 132 Å². The van der Waals surface area contributed by atoms with E-state index in [2.05, 4.69) is 17.1 Å². The summed E-state index contributed by atoms with van der Waals surface area (Å²) in [6.45, 7) is 1.52. The van der Waals surface area contributed by atoms with Crippen LogP contribution in [0.2, 0.25) is 0 Å². The number of methoxy groups -OCH3 is 1. The summed E-state index contributed by atoms with van der Waals surface area (Å²) in [6, 6.07) is 10.1. The second-order valence-corrected chi connectivity index (χ2v) is 6.05. The Morgan fingerprint density at radius 3 is 2.68 bits per heavy atom. The van der Waals surface area contributed by atoms with Crippen molar-refractivity contribution in [2.24, 2.45) is 0 Å². The van der Waals surface area contributed by atoms with Gasteiger partial charge >= 0.3 is 0 Å². The quantitative estimate of drug-likeness (QED) is 0.746. The van der Waals surface area contributed by atoms with Crippen LogP contribution < -0.4 is 10.5 Å². The molecule has 4 nitrogen and oxygen atoms in total. The van der Waals surface area contributed by atoms with Crippen molar-refractivity contribution in [1.82, 2.24) is 4.98 Å². The summed E-state index contributed by atoms with van der Waals surface area (Å²) in [5.41, 5.74) is 8.84. The molecule has 3 rings (SSSR count). The maximum absolute atomic E-state index is 11.7. The van der Waals surface area contributed by atoms with Gasteiger partial charge in [0.15, 0.2) is 5.78 Å². The van der Waals surface area contributed by atoms with Gasteiger partial charge in [0.2, 0.25) is 0 Å². The number of ether oxygens (including phenoxy) is 1. The summed E-state index contributed by atoms with van der Waals surface area (Å²) >= 11 is 1.33. The van der Waals surface area contributed by atoms with Crippen molar-refractivity contribution in [1.29, 1.82) is 0 Å². The van der Waals surface area contributed by atoms with E-state index in [9.17, 15) is 4.79 Å². The lowest BCUT2D eigenvalue weighted by Crippen LogP contribution is -1.99. The highest BCUT2D eigenvalue weighted by Crippen LogP contribution is 2.39. The highest BCUT2D eigenvalue weighted by molar-refractivity contribution is 7.21. The van der Waals surface area contributed by atoms with Crippen molar-refractivity contribution in [2.45, 2.75) is 13.3 Å². The normalized spacial score (nSPS) is 10.8. The standard InChI is InChI=1S/C17H16N2O2S/c1-10(20)16-15(18)14-12(8-11-6-4-3-5-7-11)13(21-2)9-19-17(14)22-16/h3-7,9H,8,18H2,1-2H3. The minimum absolute atomic E-state index is 0.0369. The molecule has 2 heterocycles. The third kappa shape index (κ3) is 2.44. The summed E-state index contributed by atoms with van der Waals surface area (Å²) in [4.78, 5) is 17.4. The number of benzene rings is 1. The second-order valence-electron chi connectivity index (χ2n) is 5.05. The minimum atomic E-state index is -0.0369. The maximum atomic E-state index is 11.7. The molecule has 0 aliphatic rings. The molecule has 0 saturated carbocycles. The summed E-state index contributed by atoms with van der Waals surface area (Å²) in [5, 5.41) is 0.832. The van der Waals surface area contributed by atoms with Crippen molar-refractivity contribution in [3.05, 3.63) is 52.5 Å². The van der Waals surface area contributed by atoms with Gasteiger partial charge in [-0.2, -0.15) is 0 Å². The number of thiophene rings is 1. The van der Waals surface area contributed by atoms with E-state index in [-0.39, 0.29) is 5.78 Å². The van der Waals surface area contributed by atoms with E-state index in [1.807, 2.05) is 18.2 Å². The molecule has 0 fully saturated rings. The molecule has 0 radical (unpaired) electrons. The fourth-order valence-electron chi connectivity index (χ4n) is 2.55. The fraction of sp³-hybridized carbons (Fsp3) is 0.176. The fourth-order valence-corrected chi connectivity index (χ4v) is 3.53. The first kappa shape index (κ1) is 14.5. The first-order valence-corrected chi connectivity index (χ1v) is 7.72. The van der Waals surface area contributed by atoms with Crippen molar-refractivity contribution < 1.29 is 9.53 Å². The molecule has 0 unspecified atom stereocenters. The molecule has 2 N–H and O–H groups in total. The van der Waals surface area contributed by atoms with Gasteiger partial charge in [0.05, 0.1) is 23.9 Å². The number of anilines is 1. The second kappa shape index (κ2) is 5.77. The van der Waals surface area contributed by atoms with Gasteiger partial charge in [-0.05, 0) is 5.56 Å². The van der Waals surface area contributed by atoms with Gasteiger partial charge in [-0.25, -0.2) is 4.98 Å². The van der Waals surface area contributed by atoms with E-state index >= 15 is 0 Å². The van der Waals surface area contributed by atoms with E-state index < -0.39 is 0 Å². The van der Waals surface area contributed by atoms with Crippen LogP contribution in [-0.4, -0.2) is 17.9 Å². The predicted molar refractivity (Wildman–Crippen MR) is 89.8 cm³/mol. The number of Topliss-reactive ketones (excluding diaryl/α,β-unsaturated/α-hetero) is 1. The molecule has 0 aliphatic heterocycles. The Morgan fingerprint density at radius 2 is 2.05 bits per heavy atom. The van der Waals surface area contributed by atoms with E-state index in [1.165, 1.54) is 18.3 Å². The van der Waals surface area contributed by atoms with Crippen LogP contribution in [0.25, 0.3) is 10.2 Å². The van der Waals surface area contributed by atoms with Crippen LogP contribution >= 0.6 is 11.3 Å². The molecule has 0 saturated heterocycles. The van der Waals surface area contributed by atoms with Gasteiger partial charge < -0.3 is 10.5 Å². The van der Waals surface area contributed by atoms with Crippen LogP contribution in [-0.2, 0) is 6.42 Å². The number of hydrogen-bond donors (Lipinski definition) is 1. The van der Waals surface area contributed by atoms with Crippen molar-refractivity contribution in [2.75, 3.05) is 12.8 Å². The lowest BCUT2D eigenvalue weighted by atomic mass is 10.0. The smallest absolute Gasteiger partial charge is 0.171 e. The predicted octanol–water partition coefficient (Wildman–Crippen LogP) is 3.68. The number of nitrogen functional groups attached to an aromatic ring is 1. The van der Waals surface area contributed by atoms with Gasteiger partial charge in [0.1, 0.15) is 10.6 Å². The first-order valence-electron chi connectivity index (χ1n) is 6.90. The van der Waals surface area contributed by atoms with Gasteiger partial charge in [-0.1, -0.05) is 30.3 Å². The molecule has 0 spiro atoms. The largest absolute Gasteiger partial charge is 0.495 e. The molecule has 1 aromatic carbocycles. The number of hydrogen-bond acceptors (Lipinski definition) is 5. The zero-order valence-corrected chi connectivity index (χ0v) is 13.2. The number of fused-ring (bicyclic) bond motifs is 1. The molecule has 5 heteroatoms. The van der Waals surface area contributed by atoms with E-state index in [0.29, 0.717) is 22.7 Å². The average molecular weight is 312 g/mol. The number of ketones is 1. The Kier molecular flexibility index (Phi) is 3.81. The molecule has 2 aromatic heterocycles. The Morgan fingerprint density at radius 1 is 1.32 bits per heavy atom. The van der Waals surface area contributed by atoms with Crippen LogP contribution in [0.15, 0.2) is 36.5 Å². The Bertz CT molecular complexity index is 841. The zero-order valence-electron chi connectivity index (χ0n) is 12.4. The summed E-state index contributed by atoms with van der Waals surface area (Å²) in [6.07, 6.45) is 2.38. The highest BCUT2D eigenvalue weighted by Gasteiger charge is 2.20. The van der Waals surface area contributed by atoms with Crippen molar-refractivity contribution in [3.8, 4) is 5.75 Å². The number of nitrogens with zero attached hydrogens (tertiary/aromatic N) is 1. The number of carbonyl (C=O) groups excluding carboxylic acids is 1. The van der Waals surface area contributed by atoms with Crippen LogP contribution in [0.3, 0.4) is 0 Å². The van der Waals surface area contributed by atoms with Crippen molar-refractivity contribution >= 4 is 33.0 Å². The zero-order chi connectivity index (χ0) is 15.7. The third-order valence-electron chi connectivity index (χ3n) is 3.59. The van der Waals surface area contributed by atoms with Gasteiger partial charge in [0.25, 0.3) is 0 Å². The topological polar surface area (TPSA) is 65.2 Å². The molecule has 112 valence electrons. The van der Waals surface area contributed by atoms with Crippen molar-refractivity contribution in [3.63, 3.8) is 0 Å². The summed E-state index contributed by atoms with van der Waals surface area (Å²) < 4.78 is 5.45. The molecule has 22 heavy (non-hydrogen) atoms. The molecule has 0 amide bonds. The van der Waals surface area contributed by atoms with Gasteiger partial charge in [-0.3, -0.25) is 4.79 Å². The summed E-state index contributed by atoms with van der Waals surface area (Å²) in [7, 11) is 1.62. The van der Waals surface area contributed by atoms with Crippen LogP contribution in [0.4, 0.5) is 5.69 Å². The van der Waals surface area contributed by atoms with E-state index in [1.54, 1.807) is 13.3 Å².